The molecule has 5 aromatic carbocycles. The van der Waals surface area contributed by atoms with E-state index in [1.165, 1.54) is 50.0 Å². The molecule has 0 saturated carbocycles. The summed E-state index contributed by atoms with van der Waals surface area (Å²) in [5.41, 5.74) is 8.83. The standard InChI is InChI=1S/C32H25N/c1-23-16-19-27(20-17-23)33-31(26-13-6-3-7-14-26)22-30(24-10-4-2-5-11-24)29-21-18-25-12-8-9-15-28(25)32(29)33/h2-22,31H,1H3. The smallest absolute Gasteiger partial charge is 0.0785 e. The third-order valence-electron chi connectivity index (χ3n) is 6.57. The van der Waals surface area contributed by atoms with Crippen LogP contribution in [0.15, 0.2) is 127 Å². The molecule has 0 aromatic heterocycles. The SMILES string of the molecule is Cc1ccc(N2c3c(ccc4ccccc34)C(c3ccccc3)=CC2c2ccccc2)cc1. The van der Waals surface area contributed by atoms with Gasteiger partial charge in [-0.1, -0.05) is 115 Å². The van der Waals surface area contributed by atoms with Crippen LogP contribution in [0, 0.1) is 6.92 Å². The second-order valence-corrected chi connectivity index (χ2v) is 8.69. The van der Waals surface area contributed by atoms with E-state index in [0.29, 0.717) is 0 Å². The molecule has 1 unspecified atom stereocenters. The summed E-state index contributed by atoms with van der Waals surface area (Å²) in [5.74, 6) is 0. The zero-order chi connectivity index (χ0) is 22.2. The van der Waals surface area contributed by atoms with Crippen LogP contribution >= 0.6 is 0 Å². The number of anilines is 2. The van der Waals surface area contributed by atoms with Gasteiger partial charge in [0.25, 0.3) is 0 Å². The third-order valence-corrected chi connectivity index (χ3v) is 6.57. The summed E-state index contributed by atoms with van der Waals surface area (Å²) in [6.07, 6.45) is 2.43. The fraction of sp³-hybridized carbons (Fsp3) is 0.0625. The van der Waals surface area contributed by atoms with Gasteiger partial charge in [-0.25, -0.2) is 0 Å². The van der Waals surface area contributed by atoms with Crippen LogP contribution in [0.2, 0.25) is 0 Å². The Morgan fingerprint density at radius 2 is 1.27 bits per heavy atom. The van der Waals surface area contributed by atoms with E-state index in [9.17, 15) is 0 Å². The van der Waals surface area contributed by atoms with Gasteiger partial charge < -0.3 is 4.90 Å². The Labute approximate surface area is 195 Å². The first kappa shape index (κ1) is 19.6. The molecule has 0 fully saturated rings. The summed E-state index contributed by atoms with van der Waals surface area (Å²) in [7, 11) is 0. The highest BCUT2D eigenvalue weighted by Crippen LogP contribution is 2.49. The predicted molar refractivity (Wildman–Crippen MR) is 140 cm³/mol. The van der Waals surface area contributed by atoms with Crippen LogP contribution in [0.5, 0.6) is 0 Å². The van der Waals surface area contributed by atoms with Crippen molar-refractivity contribution >= 4 is 27.7 Å². The molecular formula is C32H25N. The van der Waals surface area contributed by atoms with Gasteiger partial charge in [-0.15, -0.1) is 0 Å². The van der Waals surface area contributed by atoms with Gasteiger partial charge in [0.1, 0.15) is 0 Å². The van der Waals surface area contributed by atoms with Gasteiger partial charge in [0.05, 0.1) is 11.7 Å². The molecule has 1 aliphatic heterocycles. The normalized spacial score (nSPS) is 15.2. The van der Waals surface area contributed by atoms with Gasteiger partial charge in [-0.2, -0.15) is 0 Å². The highest BCUT2D eigenvalue weighted by Gasteiger charge is 2.31. The topological polar surface area (TPSA) is 3.24 Å². The van der Waals surface area contributed by atoms with Gasteiger partial charge >= 0.3 is 0 Å². The van der Waals surface area contributed by atoms with Crippen molar-refractivity contribution in [3.05, 3.63) is 150 Å². The highest BCUT2D eigenvalue weighted by molar-refractivity contribution is 6.05. The first-order valence-electron chi connectivity index (χ1n) is 11.5. The molecule has 1 heteroatoms. The summed E-state index contributed by atoms with van der Waals surface area (Å²) in [5, 5.41) is 2.53. The molecule has 1 aliphatic rings. The maximum atomic E-state index is 2.51. The largest absolute Gasteiger partial charge is 0.329 e. The van der Waals surface area contributed by atoms with Crippen molar-refractivity contribution in [3.8, 4) is 0 Å². The number of benzene rings is 5. The van der Waals surface area contributed by atoms with E-state index in [4.69, 9.17) is 0 Å². The van der Waals surface area contributed by atoms with E-state index in [0.717, 1.165) is 0 Å². The molecule has 0 spiro atoms. The average molecular weight is 424 g/mol. The number of aryl methyl sites for hydroxylation is 1. The van der Waals surface area contributed by atoms with E-state index in [-0.39, 0.29) is 6.04 Å². The molecule has 5 aromatic rings. The Bertz CT molecular complexity index is 1450. The second-order valence-electron chi connectivity index (χ2n) is 8.69. The number of fused-ring (bicyclic) bond motifs is 3. The predicted octanol–water partition coefficient (Wildman–Crippen LogP) is 8.47. The van der Waals surface area contributed by atoms with Crippen LogP contribution in [-0.4, -0.2) is 0 Å². The minimum atomic E-state index is 0.0856. The lowest BCUT2D eigenvalue weighted by molar-refractivity contribution is 0.844. The highest BCUT2D eigenvalue weighted by atomic mass is 15.2. The fourth-order valence-electron chi connectivity index (χ4n) is 4.95. The first-order valence-corrected chi connectivity index (χ1v) is 11.5. The maximum Gasteiger partial charge on any atom is 0.0785 e. The number of rotatable bonds is 3. The van der Waals surface area contributed by atoms with Gasteiger partial charge in [-0.05, 0) is 47.2 Å². The summed E-state index contributed by atoms with van der Waals surface area (Å²) >= 11 is 0. The Balaban J connectivity index is 1.70. The Kier molecular flexibility index (Phi) is 4.81. The fourth-order valence-corrected chi connectivity index (χ4v) is 4.95. The zero-order valence-corrected chi connectivity index (χ0v) is 18.6. The molecule has 0 N–H and O–H groups in total. The van der Waals surface area contributed by atoms with E-state index >= 15 is 0 Å². The Hall–Kier alpha value is -4.10. The minimum absolute atomic E-state index is 0.0856. The molecule has 0 radical (unpaired) electrons. The summed E-state index contributed by atoms with van der Waals surface area (Å²) < 4.78 is 0. The van der Waals surface area contributed by atoms with E-state index < -0.39 is 0 Å². The van der Waals surface area contributed by atoms with E-state index in [1.54, 1.807) is 0 Å². The lowest BCUT2D eigenvalue weighted by Gasteiger charge is -2.39. The van der Waals surface area contributed by atoms with Crippen molar-refractivity contribution in [1.82, 2.24) is 0 Å². The molecule has 0 bridgehead atoms. The molecule has 0 aliphatic carbocycles. The molecule has 158 valence electrons. The minimum Gasteiger partial charge on any atom is -0.329 e. The van der Waals surface area contributed by atoms with Crippen molar-refractivity contribution in [1.29, 1.82) is 0 Å². The van der Waals surface area contributed by atoms with Crippen molar-refractivity contribution in [2.75, 3.05) is 4.90 Å². The van der Waals surface area contributed by atoms with E-state index in [2.05, 4.69) is 139 Å². The lowest BCUT2D eigenvalue weighted by Crippen LogP contribution is -2.27. The maximum absolute atomic E-state index is 2.51. The van der Waals surface area contributed by atoms with E-state index in [1.807, 2.05) is 0 Å². The summed E-state index contributed by atoms with van der Waals surface area (Å²) in [4.78, 5) is 2.51. The van der Waals surface area contributed by atoms with Gasteiger partial charge in [-0.3, -0.25) is 0 Å². The van der Waals surface area contributed by atoms with Crippen LogP contribution in [0.25, 0.3) is 16.3 Å². The molecule has 33 heavy (non-hydrogen) atoms. The summed E-state index contributed by atoms with van der Waals surface area (Å²) in [6.45, 7) is 2.14. The molecule has 0 amide bonds. The van der Waals surface area contributed by atoms with Gasteiger partial charge in [0, 0.05) is 16.6 Å². The first-order chi connectivity index (χ1) is 16.3. The quantitative estimate of drug-likeness (QED) is 0.281. The van der Waals surface area contributed by atoms with Gasteiger partial charge in [0.15, 0.2) is 0 Å². The molecule has 1 nitrogen and oxygen atoms in total. The molecule has 1 atom stereocenters. The van der Waals surface area contributed by atoms with Crippen LogP contribution in [-0.2, 0) is 0 Å². The summed E-state index contributed by atoms with van der Waals surface area (Å²) in [6, 6.07) is 43.9. The number of hydrogen-bond donors (Lipinski definition) is 0. The average Bonchev–Trinajstić information content (AvgIpc) is 2.89. The van der Waals surface area contributed by atoms with Crippen LogP contribution in [0.4, 0.5) is 11.4 Å². The molecule has 0 saturated heterocycles. The number of nitrogens with zero attached hydrogens (tertiary/aromatic N) is 1. The Morgan fingerprint density at radius 3 is 2.03 bits per heavy atom. The third kappa shape index (κ3) is 3.43. The van der Waals surface area contributed by atoms with Crippen molar-refractivity contribution < 1.29 is 0 Å². The molecule has 6 rings (SSSR count). The number of hydrogen-bond acceptors (Lipinski definition) is 1. The monoisotopic (exact) mass is 423 g/mol. The van der Waals surface area contributed by atoms with Crippen LogP contribution in [0.3, 0.4) is 0 Å². The zero-order valence-electron chi connectivity index (χ0n) is 18.6. The van der Waals surface area contributed by atoms with Crippen molar-refractivity contribution in [2.24, 2.45) is 0 Å². The van der Waals surface area contributed by atoms with Gasteiger partial charge in [0.2, 0.25) is 0 Å². The van der Waals surface area contributed by atoms with Crippen molar-refractivity contribution in [2.45, 2.75) is 13.0 Å². The molecule has 1 heterocycles. The van der Waals surface area contributed by atoms with Crippen LogP contribution in [0.1, 0.15) is 28.3 Å². The van der Waals surface area contributed by atoms with Crippen molar-refractivity contribution in [3.63, 3.8) is 0 Å². The lowest BCUT2D eigenvalue weighted by atomic mass is 9.85. The Morgan fingerprint density at radius 1 is 0.606 bits per heavy atom. The van der Waals surface area contributed by atoms with Crippen LogP contribution < -0.4 is 4.90 Å². The molecular weight excluding hydrogens is 398 g/mol. The second kappa shape index (κ2) is 8.11.